The SMILES string of the molecule is Cc1c(CCCC(=O)O)cc(Br)c2c1OCCCO2. The van der Waals surface area contributed by atoms with Gasteiger partial charge in [-0.25, -0.2) is 0 Å². The second-order valence-electron chi connectivity index (χ2n) is 4.60. The molecule has 104 valence electrons. The minimum absolute atomic E-state index is 0.186. The molecule has 4 nitrogen and oxygen atoms in total. The van der Waals surface area contributed by atoms with Crippen LogP contribution in [0.15, 0.2) is 10.5 Å². The fourth-order valence-electron chi connectivity index (χ4n) is 2.16. The van der Waals surface area contributed by atoms with Crippen LogP contribution < -0.4 is 9.47 Å². The van der Waals surface area contributed by atoms with Crippen molar-refractivity contribution in [3.8, 4) is 11.5 Å². The Labute approximate surface area is 120 Å². The van der Waals surface area contributed by atoms with Crippen LogP contribution in [0.3, 0.4) is 0 Å². The summed E-state index contributed by atoms with van der Waals surface area (Å²) in [4.78, 5) is 10.6. The van der Waals surface area contributed by atoms with Crippen LogP contribution in [0, 0.1) is 6.92 Å². The van der Waals surface area contributed by atoms with Gasteiger partial charge >= 0.3 is 5.97 Å². The van der Waals surface area contributed by atoms with E-state index in [2.05, 4.69) is 15.9 Å². The topological polar surface area (TPSA) is 55.8 Å². The van der Waals surface area contributed by atoms with Crippen LogP contribution in [0.25, 0.3) is 0 Å². The molecule has 0 atom stereocenters. The normalized spacial score (nSPS) is 14.0. The molecule has 0 aromatic heterocycles. The molecule has 1 aliphatic rings. The Bertz CT molecular complexity index is 485. The molecule has 1 heterocycles. The Balaban J connectivity index is 2.23. The van der Waals surface area contributed by atoms with Crippen molar-refractivity contribution in [2.24, 2.45) is 0 Å². The molecule has 0 fully saturated rings. The molecule has 0 spiro atoms. The minimum atomic E-state index is -0.758. The number of halogens is 1. The number of fused-ring (bicyclic) bond motifs is 1. The van der Waals surface area contributed by atoms with E-state index in [1.54, 1.807) is 0 Å². The van der Waals surface area contributed by atoms with Crippen molar-refractivity contribution in [2.45, 2.75) is 32.6 Å². The number of hydrogen-bond donors (Lipinski definition) is 1. The van der Waals surface area contributed by atoms with Crippen LogP contribution in [0.4, 0.5) is 0 Å². The summed E-state index contributed by atoms with van der Waals surface area (Å²) >= 11 is 3.50. The molecule has 5 heteroatoms. The highest BCUT2D eigenvalue weighted by molar-refractivity contribution is 9.10. The lowest BCUT2D eigenvalue weighted by Crippen LogP contribution is -2.01. The third-order valence-electron chi connectivity index (χ3n) is 3.16. The number of rotatable bonds is 4. The average molecular weight is 329 g/mol. The van der Waals surface area contributed by atoms with Gasteiger partial charge in [0.15, 0.2) is 11.5 Å². The Morgan fingerprint density at radius 3 is 2.74 bits per heavy atom. The molecule has 0 unspecified atom stereocenters. The number of aliphatic carboxylic acids is 1. The van der Waals surface area contributed by atoms with Crippen molar-refractivity contribution in [3.05, 3.63) is 21.7 Å². The number of benzene rings is 1. The first-order valence-electron chi connectivity index (χ1n) is 6.39. The van der Waals surface area contributed by atoms with Gasteiger partial charge in [-0.2, -0.15) is 0 Å². The Morgan fingerprint density at radius 1 is 1.37 bits per heavy atom. The minimum Gasteiger partial charge on any atom is -0.489 e. The number of carboxylic acids is 1. The summed E-state index contributed by atoms with van der Waals surface area (Å²) in [5, 5.41) is 8.69. The van der Waals surface area contributed by atoms with E-state index in [4.69, 9.17) is 14.6 Å². The monoisotopic (exact) mass is 328 g/mol. The molecular weight excluding hydrogens is 312 g/mol. The predicted octanol–water partition coefficient (Wildman–Crippen LogP) is 3.33. The zero-order valence-electron chi connectivity index (χ0n) is 10.9. The Morgan fingerprint density at radius 2 is 2.05 bits per heavy atom. The quantitative estimate of drug-likeness (QED) is 0.921. The molecule has 2 rings (SSSR count). The van der Waals surface area contributed by atoms with E-state index in [1.165, 1.54) is 0 Å². The van der Waals surface area contributed by atoms with Gasteiger partial charge in [-0.3, -0.25) is 4.79 Å². The van der Waals surface area contributed by atoms with E-state index in [-0.39, 0.29) is 6.42 Å². The van der Waals surface area contributed by atoms with E-state index >= 15 is 0 Å². The van der Waals surface area contributed by atoms with Gasteiger partial charge in [0.25, 0.3) is 0 Å². The highest BCUT2D eigenvalue weighted by Gasteiger charge is 2.19. The molecule has 0 saturated heterocycles. The van der Waals surface area contributed by atoms with Gasteiger partial charge < -0.3 is 14.6 Å². The van der Waals surface area contributed by atoms with Gasteiger partial charge in [0, 0.05) is 12.8 Å². The van der Waals surface area contributed by atoms with E-state index < -0.39 is 5.97 Å². The summed E-state index contributed by atoms with van der Waals surface area (Å²) in [6, 6.07) is 2.00. The van der Waals surface area contributed by atoms with E-state index in [0.29, 0.717) is 19.6 Å². The standard InChI is InChI=1S/C14H17BrO4/c1-9-10(4-2-5-12(16)17)8-11(15)14-13(9)18-6-3-7-19-14/h8H,2-7H2,1H3,(H,16,17). The molecule has 0 saturated carbocycles. The molecule has 0 bridgehead atoms. The van der Waals surface area contributed by atoms with Gasteiger partial charge in [0.05, 0.1) is 17.7 Å². The lowest BCUT2D eigenvalue weighted by molar-refractivity contribution is -0.137. The molecule has 0 radical (unpaired) electrons. The summed E-state index contributed by atoms with van der Waals surface area (Å²) in [5.74, 6) is 0.792. The first-order chi connectivity index (χ1) is 9.09. The molecule has 1 aromatic carbocycles. The van der Waals surface area contributed by atoms with Crippen LogP contribution in [-0.4, -0.2) is 24.3 Å². The number of aryl methyl sites for hydroxylation is 1. The highest BCUT2D eigenvalue weighted by Crippen LogP contribution is 2.41. The fraction of sp³-hybridized carbons (Fsp3) is 0.500. The summed E-state index contributed by atoms with van der Waals surface area (Å²) in [7, 11) is 0. The van der Waals surface area contributed by atoms with Crippen molar-refractivity contribution in [3.63, 3.8) is 0 Å². The van der Waals surface area contributed by atoms with Crippen LogP contribution >= 0.6 is 15.9 Å². The third-order valence-corrected chi connectivity index (χ3v) is 3.75. The smallest absolute Gasteiger partial charge is 0.303 e. The third kappa shape index (κ3) is 3.41. The Hall–Kier alpha value is -1.23. The molecule has 1 N–H and O–H groups in total. The summed E-state index contributed by atoms with van der Waals surface area (Å²) in [5.41, 5.74) is 2.16. The molecule has 1 aromatic rings. The lowest BCUT2D eigenvalue weighted by atomic mass is 10.0. The summed E-state index contributed by atoms with van der Waals surface area (Å²) < 4.78 is 12.3. The zero-order chi connectivity index (χ0) is 13.8. The van der Waals surface area contributed by atoms with Crippen LogP contribution in [-0.2, 0) is 11.2 Å². The maximum atomic E-state index is 10.6. The largest absolute Gasteiger partial charge is 0.489 e. The summed E-state index contributed by atoms with van der Waals surface area (Å²) in [6.45, 7) is 3.30. The highest BCUT2D eigenvalue weighted by atomic mass is 79.9. The van der Waals surface area contributed by atoms with E-state index in [1.807, 2.05) is 13.0 Å². The van der Waals surface area contributed by atoms with Gasteiger partial charge in [0.2, 0.25) is 0 Å². The zero-order valence-corrected chi connectivity index (χ0v) is 12.5. The van der Waals surface area contributed by atoms with Crippen molar-refractivity contribution >= 4 is 21.9 Å². The first kappa shape index (κ1) is 14.2. The van der Waals surface area contributed by atoms with Gasteiger partial charge in [-0.05, 0) is 52.9 Å². The van der Waals surface area contributed by atoms with Gasteiger partial charge in [-0.1, -0.05) is 0 Å². The molecule has 0 aliphatic carbocycles. The fourth-order valence-corrected chi connectivity index (χ4v) is 2.73. The molecule has 1 aliphatic heterocycles. The second kappa shape index (κ2) is 6.28. The number of carbonyl (C=O) groups is 1. The van der Waals surface area contributed by atoms with Crippen LogP contribution in [0.2, 0.25) is 0 Å². The van der Waals surface area contributed by atoms with Crippen molar-refractivity contribution in [1.82, 2.24) is 0 Å². The molecule has 0 amide bonds. The van der Waals surface area contributed by atoms with Crippen LogP contribution in [0.5, 0.6) is 11.5 Å². The number of hydrogen-bond acceptors (Lipinski definition) is 3. The lowest BCUT2D eigenvalue weighted by Gasteiger charge is -2.15. The van der Waals surface area contributed by atoms with Gasteiger partial charge in [-0.15, -0.1) is 0 Å². The van der Waals surface area contributed by atoms with E-state index in [0.717, 1.165) is 39.9 Å². The van der Waals surface area contributed by atoms with Gasteiger partial charge in [0.1, 0.15) is 0 Å². The summed E-state index contributed by atoms with van der Waals surface area (Å²) in [6.07, 6.45) is 2.41. The maximum Gasteiger partial charge on any atom is 0.303 e. The predicted molar refractivity (Wildman–Crippen MR) is 75.1 cm³/mol. The van der Waals surface area contributed by atoms with Crippen molar-refractivity contribution in [1.29, 1.82) is 0 Å². The maximum absolute atomic E-state index is 10.6. The van der Waals surface area contributed by atoms with Crippen LogP contribution in [0.1, 0.15) is 30.4 Å². The Kier molecular flexibility index (Phi) is 4.69. The number of ether oxygens (including phenoxy) is 2. The molecular formula is C14H17BrO4. The first-order valence-corrected chi connectivity index (χ1v) is 7.18. The average Bonchev–Trinajstić information content (AvgIpc) is 2.60. The van der Waals surface area contributed by atoms with Crippen molar-refractivity contribution < 1.29 is 19.4 Å². The van der Waals surface area contributed by atoms with Crippen molar-refractivity contribution in [2.75, 3.05) is 13.2 Å². The second-order valence-corrected chi connectivity index (χ2v) is 5.45. The molecule has 19 heavy (non-hydrogen) atoms. The number of carboxylic acid groups (broad SMARTS) is 1. The van der Waals surface area contributed by atoms with E-state index in [9.17, 15) is 4.79 Å².